The van der Waals surface area contributed by atoms with Gasteiger partial charge in [0.25, 0.3) is 0 Å². The van der Waals surface area contributed by atoms with E-state index in [1.807, 2.05) is 0 Å². The van der Waals surface area contributed by atoms with Gasteiger partial charge >= 0.3 is 0 Å². The molecule has 0 atom stereocenters. The standard InChI is InChI=1S/C61H49N/c1-59(2)53-33-27-39(35-50(53)58-43(23-16-26-54(58)59)38-17-8-7-9-18-38)42-32-34-57(49-22-11-10-19-44(42)49)62(40-28-30-47-45-20-12-14-24-51(45)60(3,4)55(47)36-40)41-29-31-48-46-21-13-15-25-52(46)61(5,6)56(48)37-41/h7-37H,1-6H3. The Morgan fingerprint density at radius 2 is 0.774 bits per heavy atom. The molecule has 0 heterocycles. The fraction of sp³-hybridized carbons (Fsp3) is 0.148. The van der Waals surface area contributed by atoms with Crippen molar-refractivity contribution in [2.24, 2.45) is 0 Å². The molecule has 0 saturated heterocycles. The van der Waals surface area contributed by atoms with Crippen LogP contribution in [0.5, 0.6) is 0 Å². The number of hydrogen-bond acceptors (Lipinski definition) is 1. The fourth-order valence-corrected chi connectivity index (χ4v) is 11.7. The van der Waals surface area contributed by atoms with Gasteiger partial charge in [-0.05, 0) is 131 Å². The van der Waals surface area contributed by atoms with E-state index >= 15 is 0 Å². The SMILES string of the molecule is CC1(C)c2ccccc2-c2ccc(N(c3ccc4c(c3)C(C)(C)c3ccccc3-4)c3ccc(-c4ccc5c(c4)-c4c(-c6ccccc6)cccc4C5(C)C)c4ccccc34)cc21. The Morgan fingerprint density at radius 3 is 1.42 bits per heavy atom. The number of anilines is 3. The van der Waals surface area contributed by atoms with E-state index in [9.17, 15) is 0 Å². The van der Waals surface area contributed by atoms with Gasteiger partial charge in [0.15, 0.2) is 0 Å². The summed E-state index contributed by atoms with van der Waals surface area (Å²) >= 11 is 0. The topological polar surface area (TPSA) is 3.24 Å². The van der Waals surface area contributed by atoms with Crippen molar-refractivity contribution in [3.63, 3.8) is 0 Å². The first-order valence-corrected chi connectivity index (χ1v) is 22.2. The third kappa shape index (κ3) is 5.09. The molecular formula is C61H49N. The molecule has 9 aromatic rings. The van der Waals surface area contributed by atoms with E-state index < -0.39 is 0 Å². The first-order valence-electron chi connectivity index (χ1n) is 22.2. The number of hydrogen-bond donors (Lipinski definition) is 0. The fourth-order valence-electron chi connectivity index (χ4n) is 11.7. The Hall–Kier alpha value is -6.96. The molecule has 0 spiro atoms. The van der Waals surface area contributed by atoms with Crippen LogP contribution in [0, 0.1) is 0 Å². The summed E-state index contributed by atoms with van der Waals surface area (Å²) < 4.78 is 0. The summed E-state index contributed by atoms with van der Waals surface area (Å²) in [6.45, 7) is 14.3. The van der Waals surface area contributed by atoms with Crippen LogP contribution in [0.4, 0.5) is 17.1 Å². The third-order valence-corrected chi connectivity index (χ3v) is 14.9. The molecule has 62 heavy (non-hydrogen) atoms. The maximum absolute atomic E-state index is 2.53. The Balaban J connectivity index is 1.06. The Morgan fingerprint density at radius 1 is 0.290 bits per heavy atom. The number of nitrogens with zero attached hydrogens (tertiary/aromatic N) is 1. The second kappa shape index (κ2) is 13.0. The van der Waals surface area contributed by atoms with Crippen LogP contribution in [0.3, 0.4) is 0 Å². The number of fused-ring (bicyclic) bond motifs is 10. The average molecular weight is 796 g/mol. The largest absolute Gasteiger partial charge is 0.310 e. The summed E-state index contributed by atoms with van der Waals surface area (Å²) in [5.74, 6) is 0. The van der Waals surface area contributed by atoms with Crippen molar-refractivity contribution in [2.45, 2.75) is 57.8 Å². The molecule has 9 aromatic carbocycles. The van der Waals surface area contributed by atoms with Gasteiger partial charge in [-0.2, -0.15) is 0 Å². The molecule has 3 aliphatic rings. The van der Waals surface area contributed by atoms with E-state index in [2.05, 4.69) is 234 Å². The van der Waals surface area contributed by atoms with Gasteiger partial charge in [0, 0.05) is 33.0 Å². The monoisotopic (exact) mass is 795 g/mol. The van der Waals surface area contributed by atoms with E-state index in [0.29, 0.717) is 0 Å². The van der Waals surface area contributed by atoms with Crippen LogP contribution in [-0.2, 0) is 16.2 Å². The van der Waals surface area contributed by atoms with Crippen molar-refractivity contribution in [1.29, 1.82) is 0 Å². The minimum atomic E-state index is -0.123. The molecule has 0 fully saturated rings. The van der Waals surface area contributed by atoms with Crippen molar-refractivity contribution in [2.75, 3.05) is 4.90 Å². The average Bonchev–Trinajstić information content (AvgIpc) is 3.78. The molecule has 1 heteroatoms. The summed E-state index contributed by atoms with van der Waals surface area (Å²) in [5.41, 5.74) is 24.5. The highest BCUT2D eigenvalue weighted by atomic mass is 15.1. The van der Waals surface area contributed by atoms with Crippen LogP contribution in [-0.4, -0.2) is 0 Å². The van der Waals surface area contributed by atoms with E-state index in [-0.39, 0.29) is 16.2 Å². The van der Waals surface area contributed by atoms with Crippen molar-refractivity contribution in [3.8, 4) is 55.6 Å². The minimum Gasteiger partial charge on any atom is -0.310 e. The maximum atomic E-state index is 2.53. The van der Waals surface area contributed by atoms with Crippen LogP contribution in [0.2, 0.25) is 0 Å². The summed E-state index contributed by atoms with van der Waals surface area (Å²) in [6, 6.07) is 71.0. The van der Waals surface area contributed by atoms with E-state index in [4.69, 9.17) is 0 Å². The molecule has 0 radical (unpaired) electrons. The molecule has 0 aromatic heterocycles. The van der Waals surface area contributed by atoms with Crippen LogP contribution in [0.1, 0.15) is 74.9 Å². The lowest BCUT2D eigenvalue weighted by molar-refractivity contribution is 0.660. The van der Waals surface area contributed by atoms with Gasteiger partial charge in [-0.3, -0.25) is 0 Å². The Labute approximate surface area is 366 Å². The van der Waals surface area contributed by atoms with Crippen LogP contribution < -0.4 is 4.90 Å². The van der Waals surface area contributed by atoms with E-state index in [1.54, 1.807) is 0 Å². The molecule has 0 saturated carbocycles. The third-order valence-electron chi connectivity index (χ3n) is 14.9. The van der Waals surface area contributed by atoms with Gasteiger partial charge in [-0.25, -0.2) is 0 Å². The lowest BCUT2D eigenvalue weighted by Crippen LogP contribution is -2.18. The van der Waals surface area contributed by atoms with Gasteiger partial charge in [0.05, 0.1) is 5.69 Å². The Bertz CT molecular complexity index is 3220. The molecule has 0 amide bonds. The molecule has 3 aliphatic carbocycles. The van der Waals surface area contributed by atoms with Crippen molar-refractivity contribution < 1.29 is 0 Å². The second-order valence-electron chi connectivity index (χ2n) is 19.3. The number of rotatable bonds is 5. The van der Waals surface area contributed by atoms with E-state index in [0.717, 1.165) is 0 Å². The molecule has 12 rings (SSSR count). The zero-order valence-electron chi connectivity index (χ0n) is 36.3. The number of benzene rings is 9. The van der Waals surface area contributed by atoms with E-state index in [1.165, 1.54) is 117 Å². The quantitative estimate of drug-likeness (QED) is 0.168. The van der Waals surface area contributed by atoms with Gasteiger partial charge in [-0.1, -0.05) is 193 Å². The highest BCUT2D eigenvalue weighted by molar-refractivity contribution is 6.07. The van der Waals surface area contributed by atoms with Crippen LogP contribution in [0.15, 0.2) is 188 Å². The smallest absolute Gasteiger partial charge is 0.0540 e. The summed E-state index contributed by atoms with van der Waals surface area (Å²) in [5, 5.41) is 2.47. The highest BCUT2D eigenvalue weighted by Crippen LogP contribution is 2.56. The maximum Gasteiger partial charge on any atom is 0.0540 e. The summed E-state index contributed by atoms with van der Waals surface area (Å²) in [4.78, 5) is 2.53. The van der Waals surface area contributed by atoms with Gasteiger partial charge < -0.3 is 4.90 Å². The molecule has 0 unspecified atom stereocenters. The predicted octanol–water partition coefficient (Wildman–Crippen LogP) is 16.6. The molecule has 298 valence electrons. The summed E-state index contributed by atoms with van der Waals surface area (Å²) in [6.07, 6.45) is 0. The normalized spacial score (nSPS) is 15.3. The highest BCUT2D eigenvalue weighted by Gasteiger charge is 2.39. The zero-order chi connectivity index (χ0) is 42.1. The minimum absolute atomic E-state index is 0.0992. The first kappa shape index (κ1) is 36.9. The summed E-state index contributed by atoms with van der Waals surface area (Å²) in [7, 11) is 0. The lowest BCUT2D eigenvalue weighted by Gasteiger charge is -2.31. The molecule has 1 nitrogen and oxygen atoms in total. The van der Waals surface area contributed by atoms with Gasteiger partial charge in [0.1, 0.15) is 0 Å². The van der Waals surface area contributed by atoms with Crippen molar-refractivity contribution in [1.82, 2.24) is 0 Å². The molecule has 0 aliphatic heterocycles. The predicted molar refractivity (Wildman–Crippen MR) is 262 cm³/mol. The van der Waals surface area contributed by atoms with Crippen molar-refractivity contribution >= 4 is 27.8 Å². The molecule has 0 N–H and O–H groups in total. The van der Waals surface area contributed by atoms with Crippen LogP contribution in [0.25, 0.3) is 66.4 Å². The molecular weight excluding hydrogens is 747 g/mol. The Kier molecular flexibility index (Phi) is 7.74. The second-order valence-corrected chi connectivity index (χ2v) is 19.3. The zero-order valence-corrected chi connectivity index (χ0v) is 36.3. The lowest BCUT2D eigenvalue weighted by atomic mass is 9.81. The van der Waals surface area contributed by atoms with Gasteiger partial charge in [-0.15, -0.1) is 0 Å². The molecule has 0 bridgehead atoms. The van der Waals surface area contributed by atoms with Crippen LogP contribution >= 0.6 is 0 Å². The van der Waals surface area contributed by atoms with Crippen molar-refractivity contribution in [3.05, 3.63) is 221 Å². The first-order chi connectivity index (χ1) is 30.0. The van der Waals surface area contributed by atoms with Gasteiger partial charge in [0.2, 0.25) is 0 Å².